The Kier molecular flexibility index (Phi) is 6.50. The number of fused-ring (bicyclic) bond motifs is 2. The number of pyridine rings is 1. The molecule has 8 nitrogen and oxygen atoms in total. The molecule has 9 heteroatoms. The lowest BCUT2D eigenvalue weighted by Crippen LogP contribution is -2.24. The Balaban J connectivity index is 1.88. The number of esters is 1. The van der Waals surface area contributed by atoms with Crippen LogP contribution in [0.5, 0.6) is 5.75 Å². The Morgan fingerprint density at radius 2 is 1.72 bits per heavy atom. The van der Waals surface area contributed by atoms with Gasteiger partial charge in [-0.1, -0.05) is 17.7 Å². The van der Waals surface area contributed by atoms with E-state index in [0.29, 0.717) is 28.9 Å². The molecule has 0 spiro atoms. The Bertz CT molecular complexity index is 1820. The first-order chi connectivity index (χ1) is 18.4. The zero-order chi connectivity index (χ0) is 28.1. The summed E-state index contributed by atoms with van der Waals surface area (Å²) in [4.78, 5) is 17.8. The van der Waals surface area contributed by atoms with Gasteiger partial charge in [0.1, 0.15) is 11.4 Å². The monoisotopic (exact) mass is 545 g/mol. The lowest BCUT2D eigenvalue weighted by molar-refractivity contribution is 0.00717. The second kappa shape index (κ2) is 9.57. The smallest absolute Gasteiger partial charge is 0.339 e. The van der Waals surface area contributed by atoms with Crippen molar-refractivity contribution >= 4 is 37.9 Å². The number of rotatable bonds is 6. The molecule has 0 aliphatic rings. The van der Waals surface area contributed by atoms with E-state index in [-0.39, 0.29) is 16.1 Å². The van der Waals surface area contributed by atoms with Crippen LogP contribution in [-0.4, -0.2) is 40.6 Å². The van der Waals surface area contributed by atoms with E-state index < -0.39 is 21.6 Å². The van der Waals surface area contributed by atoms with E-state index in [1.807, 2.05) is 42.8 Å². The standard InChI is InChI=1S/C30H31N3O5S/c1-7-32-18-25(23-16-20(37-6)10-13-26(23)32)27-17-24-22(29(34)38-30(3,4)5)14-15-31-28(24)33(27)39(35,36)21-11-8-19(2)9-12-21/h8-18H,7H2,1-6H3. The molecule has 0 saturated heterocycles. The highest BCUT2D eigenvalue weighted by atomic mass is 32.2. The van der Waals surface area contributed by atoms with Crippen LogP contribution < -0.4 is 4.74 Å². The molecular formula is C30H31N3O5S. The average Bonchev–Trinajstić information content (AvgIpc) is 3.46. The Labute approximate surface area is 227 Å². The van der Waals surface area contributed by atoms with Crippen molar-refractivity contribution in [3.63, 3.8) is 0 Å². The van der Waals surface area contributed by atoms with Crippen molar-refractivity contribution in [1.29, 1.82) is 0 Å². The highest BCUT2D eigenvalue weighted by molar-refractivity contribution is 7.90. The van der Waals surface area contributed by atoms with E-state index in [0.717, 1.165) is 16.5 Å². The van der Waals surface area contributed by atoms with Gasteiger partial charge in [-0.05, 0) is 77.1 Å². The summed E-state index contributed by atoms with van der Waals surface area (Å²) in [5.74, 6) is 0.0956. The summed E-state index contributed by atoms with van der Waals surface area (Å²) >= 11 is 0. The predicted molar refractivity (Wildman–Crippen MR) is 152 cm³/mol. The van der Waals surface area contributed by atoms with E-state index >= 15 is 0 Å². The summed E-state index contributed by atoms with van der Waals surface area (Å²) in [5.41, 5.74) is 2.60. The summed E-state index contributed by atoms with van der Waals surface area (Å²) in [6.45, 7) is 9.95. The molecule has 3 aromatic heterocycles. The zero-order valence-corrected chi connectivity index (χ0v) is 23.7. The Morgan fingerprint density at radius 3 is 2.36 bits per heavy atom. The van der Waals surface area contributed by atoms with Gasteiger partial charge >= 0.3 is 5.97 Å². The van der Waals surface area contributed by atoms with Gasteiger partial charge in [-0.15, -0.1) is 0 Å². The van der Waals surface area contributed by atoms with Gasteiger partial charge in [-0.3, -0.25) is 0 Å². The van der Waals surface area contributed by atoms with E-state index in [2.05, 4.69) is 4.98 Å². The third-order valence-electron chi connectivity index (χ3n) is 6.54. The normalized spacial score (nSPS) is 12.3. The maximum absolute atomic E-state index is 14.2. The number of carbonyl (C=O) groups is 1. The van der Waals surface area contributed by atoms with Crippen LogP contribution >= 0.6 is 0 Å². The first-order valence-corrected chi connectivity index (χ1v) is 14.1. The van der Waals surface area contributed by atoms with E-state index in [1.165, 1.54) is 10.2 Å². The van der Waals surface area contributed by atoms with Gasteiger partial charge in [-0.25, -0.2) is 22.2 Å². The number of methoxy groups -OCH3 is 1. The van der Waals surface area contributed by atoms with Gasteiger partial charge in [0.15, 0.2) is 5.65 Å². The number of aryl methyl sites for hydroxylation is 2. The third kappa shape index (κ3) is 4.67. The summed E-state index contributed by atoms with van der Waals surface area (Å²) in [6.07, 6.45) is 3.36. The number of hydrogen-bond donors (Lipinski definition) is 0. The third-order valence-corrected chi connectivity index (χ3v) is 8.26. The van der Waals surface area contributed by atoms with E-state index in [4.69, 9.17) is 9.47 Å². The number of aromatic nitrogens is 3. The second-order valence-electron chi connectivity index (χ2n) is 10.4. The zero-order valence-electron chi connectivity index (χ0n) is 22.8. The molecule has 5 rings (SSSR count). The van der Waals surface area contributed by atoms with Crippen LogP contribution in [-0.2, 0) is 21.3 Å². The van der Waals surface area contributed by atoms with Crippen LogP contribution in [0, 0.1) is 6.92 Å². The van der Waals surface area contributed by atoms with Crippen molar-refractivity contribution in [2.45, 2.75) is 51.7 Å². The van der Waals surface area contributed by atoms with Gasteiger partial charge in [0, 0.05) is 40.8 Å². The minimum absolute atomic E-state index is 0.119. The fourth-order valence-corrected chi connectivity index (χ4v) is 6.18. The highest BCUT2D eigenvalue weighted by Gasteiger charge is 2.29. The van der Waals surface area contributed by atoms with Gasteiger partial charge in [-0.2, -0.15) is 0 Å². The van der Waals surface area contributed by atoms with Gasteiger partial charge in [0.2, 0.25) is 0 Å². The molecule has 202 valence electrons. The molecule has 0 aliphatic carbocycles. The number of ether oxygens (including phenoxy) is 2. The van der Waals surface area contributed by atoms with Crippen LogP contribution in [0.15, 0.2) is 71.9 Å². The van der Waals surface area contributed by atoms with E-state index in [9.17, 15) is 13.2 Å². The molecule has 0 bridgehead atoms. The molecule has 0 fully saturated rings. The van der Waals surface area contributed by atoms with Crippen LogP contribution in [0.25, 0.3) is 33.2 Å². The maximum Gasteiger partial charge on any atom is 0.339 e. The van der Waals surface area contributed by atoms with Crippen LogP contribution in [0.4, 0.5) is 0 Å². The number of benzene rings is 2. The van der Waals surface area contributed by atoms with Crippen molar-refractivity contribution < 1.29 is 22.7 Å². The lowest BCUT2D eigenvalue weighted by Gasteiger charge is -2.19. The highest BCUT2D eigenvalue weighted by Crippen LogP contribution is 2.39. The van der Waals surface area contributed by atoms with Gasteiger partial charge < -0.3 is 14.0 Å². The summed E-state index contributed by atoms with van der Waals surface area (Å²) in [6, 6.07) is 15.7. The van der Waals surface area contributed by atoms with E-state index in [1.54, 1.807) is 64.3 Å². The Hall–Kier alpha value is -4.11. The summed E-state index contributed by atoms with van der Waals surface area (Å²) in [7, 11) is -2.52. The fourth-order valence-electron chi connectivity index (χ4n) is 4.70. The minimum atomic E-state index is -4.12. The number of hydrogen-bond acceptors (Lipinski definition) is 6. The minimum Gasteiger partial charge on any atom is -0.497 e. The molecule has 0 atom stereocenters. The van der Waals surface area contributed by atoms with Crippen LogP contribution in [0.1, 0.15) is 43.6 Å². The fraction of sp³-hybridized carbons (Fsp3) is 0.267. The Morgan fingerprint density at radius 1 is 1.00 bits per heavy atom. The quantitative estimate of drug-likeness (QED) is 0.236. The maximum atomic E-state index is 14.2. The molecule has 2 aromatic carbocycles. The molecule has 0 aliphatic heterocycles. The summed E-state index contributed by atoms with van der Waals surface area (Å²) in [5, 5.41) is 1.20. The van der Waals surface area contributed by atoms with Crippen molar-refractivity contribution in [2.24, 2.45) is 0 Å². The molecule has 0 amide bonds. The van der Waals surface area contributed by atoms with Crippen molar-refractivity contribution in [2.75, 3.05) is 7.11 Å². The molecule has 0 N–H and O–H groups in total. The van der Waals surface area contributed by atoms with Crippen molar-refractivity contribution in [3.8, 4) is 17.0 Å². The molecule has 0 saturated carbocycles. The van der Waals surface area contributed by atoms with Gasteiger partial charge in [0.05, 0.1) is 23.3 Å². The number of nitrogens with zero attached hydrogens (tertiary/aromatic N) is 3. The molecule has 0 unspecified atom stereocenters. The molecule has 0 radical (unpaired) electrons. The van der Waals surface area contributed by atoms with Crippen molar-refractivity contribution in [3.05, 3.63) is 78.1 Å². The topological polar surface area (TPSA) is 92.4 Å². The van der Waals surface area contributed by atoms with Gasteiger partial charge in [0.25, 0.3) is 10.0 Å². The average molecular weight is 546 g/mol. The second-order valence-corrected chi connectivity index (χ2v) is 12.2. The first-order valence-electron chi connectivity index (χ1n) is 12.7. The molecule has 5 aromatic rings. The molecule has 3 heterocycles. The van der Waals surface area contributed by atoms with Crippen LogP contribution in [0.2, 0.25) is 0 Å². The largest absolute Gasteiger partial charge is 0.497 e. The first kappa shape index (κ1) is 26.5. The summed E-state index contributed by atoms with van der Waals surface area (Å²) < 4.78 is 42.9. The van der Waals surface area contributed by atoms with Crippen LogP contribution in [0.3, 0.4) is 0 Å². The molecule has 39 heavy (non-hydrogen) atoms. The van der Waals surface area contributed by atoms with Crippen molar-refractivity contribution in [1.82, 2.24) is 13.5 Å². The molecular weight excluding hydrogens is 514 g/mol. The SMILES string of the molecule is CCn1cc(-c2cc3c(C(=O)OC(C)(C)C)ccnc3n2S(=O)(=O)c2ccc(C)cc2)c2cc(OC)ccc21. The number of carbonyl (C=O) groups excluding carboxylic acids is 1. The predicted octanol–water partition coefficient (Wildman–Crippen LogP) is 6.19. The lowest BCUT2D eigenvalue weighted by atomic mass is 10.1.